The minimum absolute atomic E-state index is 0.0529. The van der Waals surface area contributed by atoms with Crippen molar-refractivity contribution in [2.45, 2.75) is 63.1 Å². The molecular formula is C26H34O6S2. The van der Waals surface area contributed by atoms with E-state index in [2.05, 4.69) is 0 Å². The van der Waals surface area contributed by atoms with Crippen molar-refractivity contribution in [2.24, 2.45) is 5.92 Å². The summed E-state index contributed by atoms with van der Waals surface area (Å²) in [6.07, 6.45) is 4.11. The van der Waals surface area contributed by atoms with E-state index in [9.17, 15) is 19.8 Å². The Morgan fingerprint density at radius 1 is 1.29 bits per heavy atom. The minimum Gasteiger partial charge on any atom is -0.462 e. The topological polar surface area (TPSA) is 97.0 Å². The number of aliphatic hydroxyl groups is 2. The summed E-state index contributed by atoms with van der Waals surface area (Å²) in [6, 6.07) is 9.80. The lowest BCUT2D eigenvalue weighted by atomic mass is 10.0. The van der Waals surface area contributed by atoms with E-state index in [0.29, 0.717) is 18.6 Å². The summed E-state index contributed by atoms with van der Waals surface area (Å²) in [6.45, 7) is 3.66. The third-order valence-electron chi connectivity index (χ3n) is 5.56. The maximum atomic E-state index is 12.4. The number of aryl methyl sites for hydroxylation is 1. The lowest BCUT2D eigenvalue weighted by molar-refractivity contribution is -0.144. The van der Waals surface area contributed by atoms with Crippen LogP contribution in [0.15, 0.2) is 46.9 Å². The lowest BCUT2D eigenvalue weighted by Gasteiger charge is -2.17. The second-order valence-electron chi connectivity index (χ2n) is 8.79. The number of furan rings is 1. The van der Waals surface area contributed by atoms with Gasteiger partial charge in [-0.2, -0.15) is 11.8 Å². The van der Waals surface area contributed by atoms with Gasteiger partial charge in [-0.1, -0.05) is 30.4 Å². The molecule has 1 aromatic heterocycles. The Balaban J connectivity index is 1.40. The first-order valence-corrected chi connectivity index (χ1v) is 14.0. The highest BCUT2D eigenvalue weighted by atomic mass is 32.2. The molecule has 0 amide bonds. The average Bonchev–Trinajstić information content (AvgIpc) is 3.32. The summed E-state index contributed by atoms with van der Waals surface area (Å²) >= 11 is 3.08. The normalized spacial score (nSPS) is 21.7. The lowest BCUT2D eigenvalue weighted by Crippen LogP contribution is -2.22. The van der Waals surface area contributed by atoms with Crippen LogP contribution < -0.4 is 0 Å². The monoisotopic (exact) mass is 506 g/mol. The van der Waals surface area contributed by atoms with Crippen LogP contribution in [0.5, 0.6) is 0 Å². The molecule has 0 spiro atoms. The highest BCUT2D eigenvalue weighted by Crippen LogP contribution is 2.34. The van der Waals surface area contributed by atoms with Crippen molar-refractivity contribution in [1.82, 2.24) is 0 Å². The van der Waals surface area contributed by atoms with Gasteiger partial charge in [0, 0.05) is 24.1 Å². The Morgan fingerprint density at radius 2 is 2.09 bits per heavy atom. The first kappa shape index (κ1) is 26.9. The predicted octanol–water partition coefficient (Wildman–Crippen LogP) is 4.41. The zero-order valence-electron chi connectivity index (χ0n) is 19.7. The highest BCUT2D eigenvalue weighted by Gasteiger charge is 2.40. The SMILES string of the molecule is CC(C)OC(=O)CSCCCS[C@H]1C(=O)C[C@@H](O)[C@@H]1/C=C/C(O)CCc1cc2ccccc2o1. The molecule has 1 heterocycles. The number of carbonyl (C=O) groups is 2. The molecule has 0 radical (unpaired) electrons. The van der Waals surface area contributed by atoms with Crippen molar-refractivity contribution < 1.29 is 29.0 Å². The van der Waals surface area contributed by atoms with E-state index in [1.807, 2.05) is 44.2 Å². The number of fused-ring (bicyclic) bond motifs is 1. The van der Waals surface area contributed by atoms with E-state index in [-0.39, 0.29) is 35.4 Å². The third-order valence-corrected chi connectivity index (χ3v) is 8.04. The second-order valence-corrected chi connectivity index (χ2v) is 11.1. The molecule has 1 fully saturated rings. The fraction of sp³-hybridized carbons (Fsp3) is 0.538. The van der Waals surface area contributed by atoms with Crippen LogP contribution in [-0.4, -0.2) is 62.8 Å². The van der Waals surface area contributed by atoms with Crippen LogP contribution in [0.4, 0.5) is 0 Å². The fourth-order valence-electron chi connectivity index (χ4n) is 3.93. The molecule has 186 valence electrons. The largest absolute Gasteiger partial charge is 0.462 e. The molecule has 2 aromatic rings. The van der Waals surface area contributed by atoms with E-state index in [0.717, 1.165) is 34.7 Å². The molecule has 0 bridgehead atoms. The van der Waals surface area contributed by atoms with Gasteiger partial charge in [-0.3, -0.25) is 9.59 Å². The number of carbonyl (C=O) groups excluding carboxylic acids is 2. The number of thioether (sulfide) groups is 2. The van der Waals surface area contributed by atoms with Gasteiger partial charge in [-0.05, 0) is 50.3 Å². The molecule has 4 atom stereocenters. The van der Waals surface area contributed by atoms with Gasteiger partial charge < -0.3 is 19.4 Å². The fourth-order valence-corrected chi connectivity index (χ4v) is 6.19. The second kappa shape index (κ2) is 13.4. The molecule has 1 unspecified atom stereocenters. The summed E-state index contributed by atoms with van der Waals surface area (Å²) < 4.78 is 10.9. The Kier molecular flexibility index (Phi) is 10.6. The van der Waals surface area contributed by atoms with Gasteiger partial charge in [-0.25, -0.2) is 0 Å². The minimum atomic E-state index is -0.719. The number of esters is 1. The number of para-hydroxylation sites is 1. The Hall–Kier alpha value is -1.74. The van der Waals surface area contributed by atoms with Crippen molar-refractivity contribution >= 4 is 46.2 Å². The number of benzene rings is 1. The van der Waals surface area contributed by atoms with E-state index in [4.69, 9.17) is 9.15 Å². The summed E-state index contributed by atoms with van der Waals surface area (Å²) in [4.78, 5) is 24.0. The van der Waals surface area contributed by atoms with Crippen LogP contribution >= 0.6 is 23.5 Å². The molecule has 0 saturated heterocycles. The molecule has 1 aromatic carbocycles. The zero-order valence-corrected chi connectivity index (χ0v) is 21.4. The Bertz CT molecular complexity index is 936. The van der Waals surface area contributed by atoms with Crippen LogP contribution in [0, 0.1) is 5.92 Å². The van der Waals surface area contributed by atoms with Gasteiger partial charge >= 0.3 is 5.97 Å². The van der Waals surface area contributed by atoms with Gasteiger partial charge in [0.15, 0.2) is 0 Å². The van der Waals surface area contributed by atoms with Crippen molar-refractivity contribution in [3.8, 4) is 0 Å². The molecule has 34 heavy (non-hydrogen) atoms. The van der Waals surface area contributed by atoms with E-state index >= 15 is 0 Å². The van der Waals surface area contributed by atoms with Gasteiger partial charge in [0.1, 0.15) is 17.1 Å². The smallest absolute Gasteiger partial charge is 0.316 e. The van der Waals surface area contributed by atoms with E-state index in [1.54, 1.807) is 23.9 Å². The summed E-state index contributed by atoms with van der Waals surface area (Å²) in [5.74, 6) is 2.30. The van der Waals surface area contributed by atoms with Crippen molar-refractivity contribution in [3.05, 3.63) is 48.2 Å². The summed E-state index contributed by atoms with van der Waals surface area (Å²) in [5.41, 5.74) is 0.837. The van der Waals surface area contributed by atoms with Gasteiger partial charge in [-0.15, -0.1) is 11.8 Å². The molecule has 6 nitrogen and oxygen atoms in total. The average molecular weight is 507 g/mol. The number of ketones is 1. The maximum Gasteiger partial charge on any atom is 0.316 e. The van der Waals surface area contributed by atoms with E-state index < -0.39 is 12.2 Å². The third kappa shape index (κ3) is 8.18. The number of hydrogen-bond donors (Lipinski definition) is 2. The van der Waals surface area contributed by atoms with Crippen LogP contribution in [-0.2, 0) is 20.7 Å². The van der Waals surface area contributed by atoms with Crippen LogP contribution in [0.2, 0.25) is 0 Å². The summed E-state index contributed by atoms with van der Waals surface area (Å²) in [5, 5.41) is 21.5. The predicted molar refractivity (Wildman–Crippen MR) is 138 cm³/mol. The number of Topliss-reactive ketones (excluding diaryl/α,β-unsaturated/α-hetero) is 1. The molecule has 0 aliphatic heterocycles. The van der Waals surface area contributed by atoms with Crippen molar-refractivity contribution in [1.29, 1.82) is 0 Å². The molecule has 1 aliphatic carbocycles. The van der Waals surface area contributed by atoms with Gasteiger partial charge in [0.25, 0.3) is 0 Å². The Morgan fingerprint density at radius 3 is 2.85 bits per heavy atom. The zero-order chi connectivity index (χ0) is 24.5. The highest BCUT2D eigenvalue weighted by molar-refractivity contribution is 8.01. The van der Waals surface area contributed by atoms with Crippen molar-refractivity contribution in [3.63, 3.8) is 0 Å². The molecule has 8 heteroatoms. The number of rotatable bonds is 13. The number of aliphatic hydroxyl groups excluding tert-OH is 2. The molecular weight excluding hydrogens is 472 g/mol. The standard InChI is InChI=1S/C26H34O6S2/c1-17(2)31-25(30)16-33-12-5-13-34-26-21(22(28)15-23(26)29)11-9-19(27)8-10-20-14-18-6-3-4-7-24(18)32-20/h3-4,6-7,9,11,14,17,19,21-22,26-28H,5,8,10,12-13,15-16H2,1-2H3/b11-9+/t19?,21-,22+,26+/m0/s1. The quantitative estimate of drug-likeness (QED) is 0.234. The molecule has 1 aliphatic rings. The van der Waals surface area contributed by atoms with Crippen LogP contribution in [0.25, 0.3) is 11.0 Å². The van der Waals surface area contributed by atoms with Crippen LogP contribution in [0.1, 0.15) is 38.9 Å². The summed E-state index contributed by atoms with van der Waals surface area (Å²) in [7, 11) is 0. The van der Waals surface area contributed by atoms with Gasteiger partial charge in [0.05, 0.1) is 29.3 Å². The number of ether oxygens (including phenoxy) is 1. The first-order valence-electron chi connectivity index (χ1n) is 11.8. The van der Waals surface area contributed by atoms with Crippen molar-refractivity contribution in [2.75, 3.05) is 17.3 Å². The number of hydrogen-bond acceptors (Lipinski definition) is 8. The molecule has 3 rings (SSSR count). The van der Waals surface area contributed by atoms with E-state index in [1.165, 1.54) is 11.8 Å². The molecule has 2 N–H and O–H groups in total. The maximum absolute atomic E-state index is 12.4. The van der Waals surface area contributed by atoms with Gasteiger partial charge in [0.2, 0.25) is 0 Å². The van der Waals surface area contributed by atoms with Crippen LogP contribution in [0.3, 0.4) is 0 Å². The first-order chi connectivity index (χ1) is 16.3. The molecule has 1 saturated carbocycles. The Labute approximate surface area is 209 Å².